The lowest BCUT2D eigenvalue weighted by molar-refractivity contribution is -0.158. The highest BCUT2D eigenvalue weighted by Gasteiger charge is 2.62. The first kappa shape index (κ1) is 29.4. The molecule has 3 heterocycles. The minimum absolute atomic E-state index is 0.169. The molecule has 2 saturated heterocycles. The molecule has 0 aromatic heterocycles. The summed E-state index contributed by atoms with van der Waals surface area (Å²) in [6.45, 7) is 9.59. The molecule has 2 fully saturated rings. The third kappa shape index (κ3) is 5.83. The number of fused-ring (bicyclic) bond motifs is 5. The second-order valence-electron chi connectivity index (χ2n) is 10.9. The van der Waals surface area contributed by atoms with Crippen molar-refractivity contribution in [3.63, 3.8) is 0 Å². The number of ether oxygens (including phenoxy) is 4. The smallest absolute Gasteiger partial charge is 0.229 e. The number of epoxide rings is 1. The van der Waals surface area contributed by atoms with Crippen LogP contribution in [0, 0.1) is 5.92 Å². The van der Waals surface area contributed by atoms with Crippen LogP contribution in [0.1, 0.15) is 39.2 Å². The molecule has 3 aliphatic rings. The van der Waals surface area contributed by atoms with Crippen LogP contribution in [0.3, 0.4) is 0 Å². The van der Waals surface area contributed by atoms with E-state index in [1.807, 2.05) is 38.1 Å². The van der Waals surface area contributed by atoms with Crippen LogP contribution in [-0.4, -0.2) is 73.1 Å². The number of allylic oxidation sites excluding steroid dienone is 3. The lowest BCUT2D eigenvalue weighted by Gasteiger charge is -2.44. The summed E-state index contributed by atoms with van der Waals surface area (Å²) in [7, 11) is 4.69. The summed E-state index contributed by atoms with van der Waals surface area (Å²) in [4.78, 5) is 14.7. The quantitative estimate of drug-likeness (QED) is 0.470. The fourth-order valence-corrected chi connectivity index (χ4v) is 5.89. The topological polar surface area (TPSA) is 113 Å². The van der Waals surface area contributed by atoms with E-state index in [2.05, 4.69) is 11.9 Å². The molecule has 214 valence electrons. The number of nitrogens with one attached hydrogen (secondary N) is 1. The zero-order valence-corrected chi connectivity index (χ0v) is 24.1. The van der Waals surface area contributed by atoms with Crippen LogP contribution in [0.4, 0.5) is 5.69 Å². The number of benzene rings is 1. The van der Waals surface area contributed by atoms with Crippen LogP contribution in [0.5, 0.6) is 5.75 Å². The fourth-order valence-electron chi connectivity index (χ4n) is 5.57. The van der Waals surface area contributed by atoms with Gasteiger partial charge < -0.3 is 39.4 Å². The first-order chi connectivity index (χ1) is 18.3. The minimum Gasteiger partial charge on any atom is -0.495 e. The van der Waals surface area contributed by atoms with Crippen molar-refractivity contribution >= 4 is 23.2 Å². The molecule has 0 radical (unpaired) electrons. The van der Waals surface area contributed by atoms with Crippen molar-refractivity contribution in [2.24, 2.45) is 5.92 Å². The van der Waals surface area contributed by atoms with Crippen molar-refractivity contribution in [3.05, 3.63) is 59.0 Å². The third-order valence-electron chi connectivity index (χ3n) is 8.05. The Morgan fingerprint density at radius 1 is 1.31 bits per heavy atom. The Kier molecular flexibility index (Phi) is 8.40. The molecule has 4 rings (SSSR count). The van der Waals surface area contributed by atoms with Crippen LogP contribution in [-0.2, 0) is 25.4 Å². The van der Waals surface area contributed by atoms with Crippen molar-refractivity contribution < 1.29 is 34.0 Å². The SMILES string of the molecule is C=C1N[C@]2(O)C[C@H](O1)[C@@H](C)[C@@H]1O[C@@]1(C)[C@@H](O)CC(=O)N(C)c1cc(cc(OC)c1Cl)C/C(C)=C/C=C/[C@H]2OC. The summed E-state index contributed by atoms with van der Waals surface area (Å²) >= 11 is 6.60. The summed E-state index contributed by atoms with van der Waals surface area (Å²) in [6.07, 6.45) is 3.50. The third-order valence-corrected chi connectivity index (χ3v) is 8.43. The van der Waals surface area contributed by atoms with Crippen LogP contribution < -0.4 is 15.0 Å². The van der Waals surface area contributed by atoms with Gasteiger partial charge in [0.2, 0.25) is 5.91 Å². The van der Waals surface area contributed by atoms with E-state index < -0.39 is 35.7 Å². The number of nitrogens with zero attached hydrogens (tertiary/aromatic N) is 1. The summed E-state index contributed by atoms with van der Waals surface area (Å²) in [5.41, 5.74) is -0.0376. The number of hydrogen-bond donors (Lipinski definition) is 3. The van der Waals surface area contributed by atoms with Gasteiger partial charge in [-0.25, -0.2) is 0 Å². The Morgan fingerprint density at radius 2 is 2.03 bits per heavy atom. The van der Waals surface area contributed by atoms with Gasteiger partial charge in [0.1, 0.15) is 28.6 Å². The van der Waals surface area contributed by atoms with Gasteiger partial charge in [0.25, 0.3) is 0 Å². The maximum atomic E-state index is 13.3. The molecule has 9 nitrogen and oxygen atoms in total. The van der Waals surface area contributed by atoms with Crippen molar-refractivity contribution in [2.45, 2.75) is 75.8 Å². The molecule has 3 N–H and O–H groups in total. The molecule has 10 heteroatoms. The largest absolute Gasteiger partial charge is 0.495 e. The molecule has 0 saturated carbocycles. The monoisotopic (exact) mass is 562 g/mol. The lowest BCUT2D eigenvalue weighted by atomic mass is 9.83. The van der Waals surface area contributed by atoms with E-state index in [-0.39, 0.29) is 30.5 Å². The fraction of sp³-hybridized carbons (Fsp3) is 0.552. The van der Waals surface area contributed by atoms with Crippen LogP contribution in [0.15, 0.2) is 48.4 Å². The van der Waals surface area contributed by atoms with Gasteiger partial charge >= 0.3 is 0 Å². The maximum Gasteiger partial charge on any atom is 0.229 e. The second-order valence-corrected chi connectivity index (χ2v) is 11.3. The predicted molar refractivity (Wildman–Crippen MR) is 149 cm³/mol. The average molecular weight is 563 g/mol. The van der Waals surface area contributed by atoms with E-state index in [0.29, 0.717) is 22.9 Å². The van der Waals surface area contributed by atoms with E-state index in [0.717, 1.165) is 11.1 Å². The second kappa shape index (κ2) is 11.1. The minimum atomic E-state index is -1.48. The van der Waals surface area contributed by atoms with E-state index >= 15 is 0 Å². The van der Waals surface area contributed by atoms with Crippen LogP contribution in [0.2, 0.25) is 5.02 Å². The molecule has 1 aromatic rings. The molecule has 0 spiro atoms. The molecule has 7 atom stereocenters. The summed E-state index contributed by atoms with van der Waals surface area (Å²) in [5, 5.41) is 26.0. The Hall–Kier alpha value is -2.56. The number of rotatable bonds is 2. The predicted octanol–water partition coefficient (Wildman–Crippen LogP) is 3.47. The maximum absolute atomic E-state index is 13.3. The number of aliphatic hydroxyl groups is 2. The Labute approximate surface area is 235 Å². The number of carbonyl (C=O) groups excluding carboxylic acids is 1. The first-order valence-electron chi connectivity index (χ1n) is 13.0. The standard InChI is InChI=1S/C29H39ClN2O7/c1-16-9-8-10-24(37-7)29(35)15-22(38-18(3)31-29)17(2)27-28(4,39-27)23(33)14-25(34)32(5)20-12-19(11-16)13-21(36-6)26(20)30/h8-10,12-13,17,22-24,27,31,33,35H,3,11,14-15H2,1-2,4-7H3/b10-8+,16-9+/t17-,22+,23+,24-,27+,28+,29+/m1/s1. The van der Waals surface area contributed by atoms with Gasteiger partial charge in [-0.1, -0.05) is 42.3 Å². The summed E-state index contributed by atoms with van der Waals surface area (Å²) < 4.78 is 23.1. The number of carbonyl (C=O) groups is 1. The molecule has 39 heavy (non-hydrogen) atoms. The van der Waals surface area contributed by atoms with Gasteiger partial charge in [0.15, 0.2) is 11.6 Å². The number of aliphatic hydroxyl groups excluding tert-OH is 1. The molecule has 4 bridgehead atoms. The highest BCUT2D eigenvalue weighted by molar-refractivity contribution is 6.35. The molecule has 1 amide bonds. The molecule has 0 unspecified atom stereocenters. The Balaban J connectivity index is 1.74. The zero-order valence-electron chi connectivity index (χ0n) is 23.4. The van der Waals surface area contributed by atoms with Gasteiger partial charge in [-0.3, -0.25) is 4.79 Å². The number of hydrogen-bond acceptors (Lipinski definition) is 8. The van der Waals surface area contributed by atoms with E-state index in [1.165, 1.54) is 19.1 Å². The lowest BCUT2D eigenvalue weighted by Crippen LogP contribution is -2.60. The zero-order chi connectivity index (χ0) is 28.7. The first-order valence-corrected chi connectivity index (χ1v) is 13.4. The molecule has 0 aliphatic carbocycles. The highest BCUT2D eigenvalue weighted by Crippen LogP contribution is 2.48. The van der Waals surface area contributed by atoms with Crippen molar-refractivity contribution in [3.8, 4) is 5.75 Å². The van der Waals surface area contributed by atoms with Gasteiger partial charge in [0, 0.05) is 26.5 Å². The van der Waals surface area contributed by atoms with Crippen molar-refractivity contribution in [1.82, 2.24) is 5.32 Å². The van der Waals surface area contributed by atoms with Gasteiger partial charge in [-0.05, 0) is 44.5 Å². The van der Waals surface area contributed by atoms with Crippen LogP contribution in [0.25, 0.3) is 0 Å². The molecular weight excluding hydrogens is 524 g/mol. The Morgan fingerprint density at radius 3 is 2.69 bits per heavy atom. The van der Waals surface area contributed by atoms with E-state index in [1.54, 1.807) is 20.0 Å². The highest BCUT2D eigenvalue weighted by atomic mass is 35.5. The molecule has 1 aromatic carbocycles. The van der Waals surface area contributed by atoms with Crippen LogP contribution >= 0.6 is 11.6 Å². The van der Waals surface area contributed by atoms with Gasteiger partial charge in [0.05, 0.1) is 31.4 Å². The van der Waals surface area contributed by atoms with Gasteiger partial charge in [-0.2, -0.15) is 0 Å². The van der Waals surface area contributed by atoms with Gasteiger partial charge in [-0.15, -0.1) is 0 Å². The van der Waals surface area contributed by atoms with E-state index in [9.17, 15) is 15.0 Å². The average Bonchev–Trinajstić information content (AvgIpc) is 3.58. The number of amides is 1. The number of methoxy groups -OCH3 is 2. The normalized spacial score (nSPS) is 37.6. The van der Waals surface area contributed by atoms with E-state index in [4.69, 9.17) is 30.5 Å². The summed E-state index contributed by atoms with van der Waals surface area (Å²) in [6, 6.07) is 3.69. The number of halogens is 1. The summed E-state index contributed by atoms with van der Waals surface area (Å²) in [5.74, 6) is 0.122. The number of anilines is 1. The molecular formula is C29H39ClN2O7. The van der Waals surface area contributed by atoms with Crippen molar-refractivity contribution in [1.29, 1.82) is 0 Å². The molecule has 3 aliphatic heterocycles. The Bertz CT molecular complexity index is 1190. The van der Waals surface area contributed by atoms with Crippen molar-refractivity contribution in [2.75, 3.05) is 26.2 Å².